The van der Waals surface area contributed by atoms with Crippen LogP contribution in [0.25, 0.3) is 0 Å². The van der Waals surface area contributed by atoms with E-state index in [-0.39, 0.29) is 0 Å². The van der Waals surface area contributed by atoms with Crippen LogP contribution in [0.2, 0.25) is 0 Å². The summed E-state index contributed by atoms with van der Waals surface area (Å²) in [6, 6.07) is 4.22. The van der Waals surface area contributed by atoms with Crippen molar-refractivity contribution >= 4 is 5.69 Å². The first kappa shape index (κ1) is 12.0. The Morgan fingerprint density at radius 1 is 1.15 bits per heavy atom. The van der Waals surface area contributed by atoms with Crippen LogP contribution in [-0.2, 0) is 6.42 Å². The second-order valence-corrected chi connectivity index (χ2v) is 2.99. The molecule has 0 amide bonds. The van der Waals surface area contributed by atoms with Crippen molar-refractivity contribution in [3.05, 3.63) is 28.8 Å². The normalized spacial score (nSPS) is 9.00. The number of hydrogen-bond donors (Lipinski definition) is 2. The highest BCUT2D eigenvalue weighted by atomic mass is 14.6. The Balaban J connectivity index is 0.000000671. The first-order valence-corrected chi connectivity index (χ1v) is 4.58. The van der Waals surface area contributed by atoms with Gasteiger partial charge in [-0.05, 0) is 50.1 Å². The molecule has 0 saturated heterocycles. The second kappa shape index (κ2) is 5.60. The molecule has 0 fully saturated rings. The van der Waals surface area contributed by atoms with Gasteiger partial charge in [0.25, 0.3) is 0 Å². The summed E-state index contributed by atoms with van der Waals surface area (Å²) >= 11 is 0. The van der Waals surface area contributed by atoms with Crippen LogP contribution in [0.15, 0.2) is 12.1 Å². The van der Waals surface area contributed by atoms with E-state index in [0.29, 0.717) is 0 Å². The Kier molecular flexibility index (Phi) is 5.16. The van der Waals surface area contributed by atoms with E-state index in [1.807, 2.05) is 6.07 Å². The summed E-state index contributed by atoms with van der Waals surface area (Å²) in [5.41, 5.74) is 15.1. The lowest BCUT2D eigenvalue weighted by Crippen LogP contribution is -1.95. The molecular weight excluding hydrogens is 160 g/mol. The third kappa shape index (κ3) is 3.07. The highest BCUT2D eigenvalue weighted by molar-refractivity contribution is 5.52. The van der Waals surface area contributed by atoms with E-state index >= 15 is 0 Å². The maximum atomic E-state index is 5.80. The van der Waals surface area contributed by atoms with Crippen molar-refractivity contribution in [2.75, 3.05) is 12.8 Å². The summed E-state index contributed by atoms with van der Waals surface area (Å²) in [6.07, 6.45) is 1.07. The summed E-state index contributed by atoms with van der Waals surface area (Å²) in [4.78, 5) is 0. The lowest BCUT2D eigenvalue weighted by molar-refractivity contribution is 1.10. The van der Waals surface area contributed by atoms with Crippen molar-refractivity contribution in [3.8, 4) is 0 Å². The van der Waals surface area contributed by atoms with E-state index in [9.17, 15) is 0 Å². The maximum Gasteiger partial charge on any atom is 0.0349 e. The summed E-state index contributed by atoms with van der Waals surface area (Å²) in [7, 11) is 1.50. The minimum absolute atomic E-state index is 0.918. The lowest BCUT2D eigenvalue weighted by atomic mass is 10.0. The van der Waals surface area contributed by atoms with E-state index in [4.69, 9.17) is 5.73 Å². The van der Waals surface area contributed by atoms with E-state index < -0.39 is 0 Å². The molecule has 0 radical (unpaired) electrons. The third-order valence-corrected chi connectivity index (χ3v) is 2.08. The predicted octanol–water partition coefficient (Wildman–Crippen LogP) is 2.02. The molecule has 0 aliphatic rings. The molecule has 1 aromatic carbocycles. The summed E-state index contributed by atoms with van der Waals surface area (Å²) in [5.74, 6) is 0. The quantitative estimate of drug-likeness (QED) is 0.650. The van der Waals surface area contributed by atoms with Crippen molar-refractivity contribution in [1.82, 2.24) is 0 Å². The Bertz CT molecular complexity index is 267. The minimum Gasteiger partial charge on any atom is -0.398 e. The van der Waals surface area contributed by atoms with Gasteiger partial charge in [-0.15, -0.1) is 0 Å². The molecule has 1 rings (SSSR count). The molecule has 0 spiro atoms. The number of hydrogen-bond acceptors (Lipinski definition) is 2. The topological polar surface area (TPSA) is 52.0 Å². The van der Waals surface area contributed by atoms with E-state index in [2.05, 4.69) is 32.6 Å². The molecule has 4 N–H and O–H groups in total. The summed E-state index contributed by atoms with van der Waals surface area (Å²) < 4.78 is 0. The van der Waals surface area contributed by atoms with Crippen LogP contribution < -0.4 is 11.5 Å². The fraction of sp³-hybridized carbons (Fsp3) is 0.455. The van der Waals surface area contributed by atoms with Crippen molar-refractivity contribution < 1.29 is 0 Å². The first-order chi connectivity index (χ1) is 6.15. The SMILES string of the molecule is CCc1cc(C)cc(N)c1C.CN. The number of nitrogens with two attached hydrogens (primary N) is 2. The monoisotopic (exact) mass is 180 g/mol. The van der Waals surface area contributed by atoms with E-state index in [1.54, 1.807) is 0 Å². The van der Waals surface area contributed by atoms with Gasteiger partial charge in [0.2, 0.25) is 0 Å². The summed E-state index contributed by atoms with van der Waals surface area (Å²) in [5, 5.41) is 0. The molecule has 13 heavy (non-hydrogen) atoms. The molecule has 0 unspecified atom stereocenters. The van der Waals surface area contributed by atoms with Gasteiger partial charge < -0.3 is 11.5 Å². The van der Waals surface area contributed by atoms with Gasteiger partial charge in [-0.2, -0.15) is 0 Å². The Morgan fingerprint density at radius 3 is 2.15 bits per heavy atom. The molecule has 2 nitrogen and oxygen atoms in total. The Hall–Kier alpha value is -1.02. The van der Waals surface area contributed by atoms with Crippen LogP contribution in [-0.4, -0.2) is 7.05 Å². The smallest absolute Gasteiger partial charge is 0.0349 e. The number of anilines is 1. The van der Waals surface area contributed by atoms with Gasteiger partial charge >= 0.3 is 0 Å². The zero-order chi connectivity index (χ0) is 10.4. The second-order valence-electron chi connectivity index (χ2n) is 2.99. The number of nitrogen functional groups attached to an aromatic ring is 1. The molecule has 0 bridgehead atoms. The van der Waals surface area contributed by atoms with Crippen LogP contribution in [0, 0.1) is 13.8 Å². The van der Waals surface area contributed by atoms with Crippen molar-refractivity contribution in [1.29, 1.82) is 0 Å². The number of aryl methyl sites for hydroxylation is 2. The minimum atomic E-state index is 0.918. The first-order valence-electron chi connectivity index (χ1n) is 4.58. The molecule has 0 aromatic heterocycles. The maximum absolute atomic E-state index is 5.80. The van der Waals surface area contributed by atoms with Gasteiger partial charge in [-0.25, -0.2) is 0 Å². The van der Waals surface area contributed by atoms with Gasteiger partial charge in [0, 0.05) is 5.69 Å². The van der Waals surface area contributed by atoms with E-state index in [1.165, 1.54) is 23.7 Å². The Morgan fingerprint density at radius 2 is 1.69 bits per heavy atom. The van der Waals surface area contributed by atoms with Crippen LogP contribution in [0.1, 0.15) is 23.6 Å². The number of benzene rings is 1. The molecule has 74 valence electrons. The predicted molar refractivity (Wildman–Crippen MR) is 59.8 cm³/mol. The zero-order valence-electron chi connectivity index (χ0n) is 9.02. The fourth-order valence-electron chi connectivity index (χ4n) is 1.33. The van der Waals surface area contributed by atoms with Gasteiger partial charge in [0.05, 0.1) is 0 Å². The largest absolute Gasteiger partial charge is 0.398 e. The van der Waals surface area contributed by atoms with Crippen molar-refractivity contribution in [2.24, 2.45) is 5.73 Å². The molecule has 0 atom stereocenters. The van der Waals surface area contributed by atoms with Crippen molar-refractivity contribution in [2.45, 2.75) is 27.2 Å². The van der Waals surface area contributed by atoms with Crippen LogP contribution in [0.3, 0.4) is 0 Å². The molecule has 0 aliphatic carbocycles. The zero-order valence-corrected chi connectivity index (χ0v) is 9.02. The van der Waals surface area contributed by atoms with Gasteiger partial charge in [-0.1, -0.05) is 13.0 Å². The molecule has 2 heteroatoms. The fourth-order valence-corrected chi connectivity index (χ4v) is 1.33. The Labute approximate surface area is 80.9 Å². The average Bonchev–Trinajstić information content (AvgIpc) is 2.14. The van der Waals surface area contributed by atoms with Gasteiger partial charge in [0.15, 0.2) is 0 Å². The van der Waals surface area contributed by atoms with Crippen molar-refractivity contribution in [3.63, 3.8) is 0 Å². The van der Waals surface area contributed by atoms with Crippen LogP contribution in [0.5, 0.6) is 0 Å². The molecule has 0 heterocycles. The average molecular weight is 180 g/mol. The van der Waals surface area contributed by atoms with Crippen LogP contribution >= 0.6 is 0 Å². The highest BCUT2D eigenvalue weighted by Gasteiger charge is 1.99. The molecule has 0 saturated carbocycles. The summed E-state index contributed by atoms with van der Waals surface area (Å²) in [6.45, 7) is 6.31. The molecule has 1 aromatic rings. The standard InChI is InChI=1S/C10H15N.CH5N/c1-4-9-5-7(2)6-10(11)8(9)3;1-2/h5-6H,4,11H2,1-3H3;2H2,1H3. The number of rotatable bonds is 1. The lowest BCUT2D eigenvalue weighted by Gasteiger charge is -2.07. The van der Waals surface area contributed by atoms with Crippen LogP contribution in [0.4, 0.5) is 5.69 Å². The third-order valence-electron chi connectivity index (χ3n) is 2.08. The molecule has 0 aliphatic heterocycles. The highest BCUT2D eigenvalue weighted by Crippen LogP contribution is 2.18. The van der Waals surface area contributed by atoms with E-state index in [0.717, 1.165) is 12.1 Å². The molecular formula is C11H20N2. The van der Waals surface area contributed by atoms with Gasteiger partial charge in [0.1, 0.15) is 0 Å². The van der Waals surface area contributed by atoms with Gasteiger partial charge in [-0.3, -0.25) is 0 Å².